The highest BCUT2D eigenvalue weighted by atomic mass is 15.1. The highest BCUT2D eigenvalue weighted by Gasteiger charge is 2.01. The van der Waals surface area contributed by atoms with Gasteiger partial charge < -0.3 is 0 Å². The Labute approximate surface area is 83.3 Å². The molecule has 2 nitrogen and oxygen atoms in total. The number of aromatic amines is 2. The van der Waals surface area contributed by atoms with Crippen LogP contribution < -0.4 is 0 Å². The molecule has 72 valence electrons. The predicted molar refractivity (Wildman–Crippen MR) is 60.3 cm³/mol. The SMILES string of the molecule is C=C(C)C(=C)Cc1ccc2[nH][nH]c2c1. The summed E-state index contributed by atoms with van der Waals surface area (Å²) < 4.78 is 0. The van der Waals surface area contributed by atoms with E-state index in [1.807, 2.05) is 6.92 Å². The van der Waals surface area contributed by atoms with Gasteiger partial charge in [-0.05, 0) is 36.6 Å². The average Bonchev–Trinajstić information content (AvgIpc) is 2.09. The first-order chi connectivity index (χ1) is 6.66. The van der Waals surface area contributed by atoms with Crippen molar-refractivity contribution in [3.8, 4) is 0 Å². The van der Waals surface area contributed by atoms with Crippen molar-refractivity contribution in [1.82, 2.24) is 10.2 Å². The van der Waals surface area contributed by atoms with E-state index in [9.17, 15) is 0 Å². The lowest BCUT2D eigenvalue weighted by molar-refractivity contribution is 1.06. The van der Waals surface area contributed by atoms with E-state index in [0.29, 0.717) is 0 Å². The van der Waals surface area contributed by atoms with Crippen LogP contribution >= 0.6 is 0 Å². The first-order valence-electron chi connectivity index (χ1n) is 4.65. The molecule has 1 aromatic carbocycles. The van der Waals surface area contributed by atoms with Crippen LogP contribution in [0.25, 0.3) is 11.0 Å². The predicted octanol–water partition coefficient (Wildman–Crippen LogP) is 3.17. The smallest absolute Gasteiger partial charge is 0.0792 e. The third kappa shape index (κ3) is 1.51. The molecule has 0 bridgehead atoms. The number of H-pyrrole nitrogens is 2. The van der Waals surface area contributed by atoms with Gasteiger partial charge >= 0.3 is 0 Å². The molecular weight excluding hydrogens is 172 g/mol. The van der Waals surface area contributed by atoms with Crippen LogP contribution in [0.15, 0.2) is 42.5 Å². The largest absolute Gasteiger partial charge is 0.299 e. The number of fused-ring (bicyclic) bond motifs is 1. The molecule has 0 saturated carbocycles. The van der Waals surface area contributed by atoms with Crippen LogP contribution in [0.3, 0.4) is 0 Å². The van der Waals surface area contributed by atoms with E-state index < -0.39 is 0 Å². The Morgan fingerprint density at radius 3 is 2.43 bits per heavy atom. The zero-order chi connectivity index (χ0) is 10.1. The number of aromatic nitrogens is 2. The minimum Gasteiger partial charge on any atom is -0.299 e. The quantitative estimate of drug-likeness (QED) is 0.690. The van der Waals surface area contributed by atoms with Crippen molar-refractivity contribution < 1.29 is 0 Å². The molecule has 0 aliphatic rings. The molecule has 0 amide bonds. The molecule has 0 spiro atoms. The second kappa shape index (κ2) is 3.22. The molecule has 2 heteroatoms. The Hall–Kier alpha value is -1.70. The highest BCUT2D eigenvalue weighted by molar-refractivity contribution is 5.76. The first-order valence-corrected chi connectivity index (χ1v) is 4.65. The molecule has 1 heterocycles. The Bertz CT molecular complexity index is 485. The fraction of sp³-hybridized carbons (Fsp3) is 0.167. The van der Waals surface area contributed by atoms with Crippen molar-refractivity contribution >= 4 is 11.0 Å². The van der Waals surface area contributed by atoms with Crippen molar-refractivity contribution in [2.24, 2.45) is 0 Å². The van der Waals surface area contributed by atoms with Gasteiger partial charge in [-0.2, -0.15) is 0 Å². The monoisotopic (exact) mass is 186 g/mol. The summed E-state index contributed by atoms with van der Waals surface area (Å²) in [5, 5.41) is 6.03. The van der Waals surface area contributed by atoms with Crippen molar-refractivity contribution in [2.45, 2.75) is 13.3 Å². The standard InChI is InChI=1S/C12H14N2/c1-8(2)9(3)6-10-4-5-11-12(7-10)14-13-11/h4-5,7,13-14H,1,3,6H2,2H3. The van der Waals surface area contributed by atoms with Gasteiger partial charge in [0.2, 0.25) is 0 Å². The summed E-state index contributed by atoms with van der Waals surface area (Å²) >= 11 is 0. The minimum atomic E-state index is 0.879. The van der Waals surface area contributed by atoms with Crippen LogP contribution in [0, 0.1) is 0 Å². The van der Waals surface area contributed by atoms with Crippen molar-refractivity contribution in [3.05, 3.63) is 48.1 Å². The summed E-state index contributed by atoms with van der Waals surface area (Å²) in [5.74, 6) is 0. The van der Waals surface area contributed by atoms with Crippen LogP contribution in [-0.4, -0.2) is 10.2 Å². The molecular formula is C12H14N2. The molecule has 0 fully saturated rings. The number of allylic oxidation sites excluding steroid dienone is 2. The summed E-state index contributed by atoms with van der Waals surface area (Å²) in [6.45, 7) is 9.85. The van der Waals surface area contributed by atoms with Gasteiger partial charge in [-0.15, -0.1) is 0 Å². The molecule has 2 aromatic rings. The number of rotatable bonds is 3. The summed E-state index contributed by atoms with van der Waals surface area (Å²) in [6, 6.07) is 6.33. The Morgan fingerprint density at radius 2 is 1.93 bits per heavy atom. The molecule has 0 unspecified atom stereocenters. The van der Waals surface area contributed by atoms with Crippen LogP contribution in [0.1, 0.15) is 12.5 Å². The van der Waals surface area contributed by atoms with E-state index >= 15 is 0 Å². The lowest BCUT2D eigenvalue weighted by Gasteiger charge is -2.08. The van der Waals surface area contributed by atoms with Crippen molar-refractivity contribution in [2.75, 3.05) is 0 Å². The van der Waals surface area contributed by atoms with Gasteiger partial charge in [-0.1, -0.05) is 24.8 Å². The lowest BCUT2D eigenvalue weighted by Crippen LogP contribution is -1.95. The molecule has 0 aliphatic carbocycles. The normalized spacial score (nSPS) is 10.6. The maximum atomic E-state index is 3.98. The Balaban J connectivity index is 2.20. The average molecular weight is 186 g/mol. The van der Waals surface area contributed by atoms with Gasteiger partial charge in [-0.3, -0.25) is 10.2 Å². The number of benzene rings is 1. The topological polar surface area (TPSA) is 31.6 Å². The van der Waals surface area contributed by atoms with Gasteiger partial charge in [0.15, 0.2) is 0 Å². The molecule has 2 N–H and O–H groups in total. The third-order valence-electron chi connectivity index (χ3n) is 2.44. The number of nitrogens with one attached hydrogen (secondary N) is 2. The van der Waals surface area contributed by atoms with Crippen LogP contribution in [0.2, 0.25) is 0 Å². The zero-order valence-electron chi connectivity index (χ0n) is 8.35. The second-order valence-electron chi connectivity index (χ2n) is 3.69. The fourth-order valence-electron chi connectivity index (χ4n) is 1.38. The van der Waals surface area contributed by atoms with Gasteiger partial charge in [0.05, 0.1) is 11.0 Å². The van der Waals surface area contributed by atoms with E-state index in [1.165, 1.54) is 5.56 Å². The van der Waals surface area contributed by atoms with E-state index in [0.717, 1.165) is 28.6 Å². The first kappa shape index (κ1) is 8.88. The maximum Gasteiger partial charge on any atom is 0.0792 e. The van der Waals surface area contributed by atoms with E-state index in [2.05, 4.69) is 41.6 Å². The molecule has 1 aromatic heterocycles. The molecule has 2 rings (SSSR count). The summed E-state index contributed by atoms with van der Waals surface area (Å²) in [6.07, 6.45) is 0.879. The van der Waals surface area contributed by atoms with Gasteiger partial charge in [0.1, 0.15) is 0 Å². The highest BCUT2D eigenvalue weighted by Crippen LogP contribution is 2.17. The zero-order valence-corrected chi connectivity index (χ0v) is 8.35. The molecule has 14 heavy (non-hydrogen) atoms. The van der Waals surface area contributed by atoms with Crippen molar-refractivity contribution in [3.63, 3.8) is 0 Å². The molecule has 0 radical (unpaired) electrons. The molecule has 0 aliphatic heterocycles. The second-order valence-corrected chi connectivity index (χ2v) is 3.69. The van der Waals surface area contributed by atoms with Gasteiger partial charge in [0, 0.05) is 0 Å². The molecule has 0 atom stereocenters. The van der Waals surface area contributed by atoms with Crippen LogP contribution in [-0.2, 0) is 6.42 Å². The summed E-state index contributed by atoms with van der Waals surface area (Å²) in [5.41, 5.74) is 5.74. The van der Waals surface area contributed by atoms with Gasteiger partial charge in [0.25, 0.3) is 0 Å². The van der Waals surface area contributed by atoms with E-state index in [1.54, 1.807) is 0 Å². The third-order valence-corrected chi connectivity index (χ3v) is 2.44. The van der Waals surface area contributed by atoms with E-state index in [-0.39, 0.29) is 0 Å². The maximum absolute atomic E-state index is 3.98. The van der Waals surface area contributed by atoms with E-state index in [4.69, 9.17) is 0 Å². The Morgan fingerprint density at radius 1 is 1.21 bits per heavy atom. The van der Waals surface area contributed by atoms with Gasteiger partial charge in [-0.25, -0.2) is 0 Å². The summed E-state index contributed by atoms with van der Waals surface area (Å²) in [4.78, 5) is 0. The Kier molecular flexibility index (Phi) is 2.04. The lowest BCUT2D eigenvalue weighted by atomic mass is 10.0. The molecule has 0 saturated heterocycles. The fourth-order valence-corrected chi connectivity index (χ4v) is 1.38. The van der Waals surface area contributed by atoms with Crippen LogP contribution in [0.5, 0.6) is 0 Å². The number of hydrogen-bond donors (Lipinski definition) is 2. The number of hydrogen-bond acceptors (Lipinski definition) is 0. The minimum absolute atomic E-state index is 0.879. The van der Waals surface area contributed by atoms with Crippen LogP contribution in [0.4, 0.5) is 0 Å². The summed E-state index contributed by atoms with van der Waals surface area (Å²) in [7, 11) is 0. The van der Waals surface area contributed by atoms with Crippen molar-refractivity contribution in [1.29, 1.82) is 0 Å².